The molecule has 0 heterocycles. The Morgan fingerprint density at radius 2 is 1.72 bits per heavy atom. The highest BCUT2D eigenvalue weighted by Gasteiger charge is 2.35. The zero-order valence-electron chi connectivity index (χ0n) is 19.3. The minimum atomic E-state index is -4.81. The van der Waals surface area contributed by atoms with Gasteiger partial charge in [0, 0.05) is 0 Å². The Hall–Kier alpha value is -3.04. The molecule has 1 atom stereocenters. The number of anilines is 1. The van der Waals surface area contributed by atoms with E-state index in [2.05, 4.69) is 5.32 Å². The topological polar surface area (TPSA) is 66.5 Å². The molecule has 1 aliphatic rings. The Morgan fingerprint density at radius 1 is 1.03 bits per heavy atom. The number of hydrogen-bond donors (Lipinski definition) is 1. The molecule has 3 aromatic rings. The Balaban J connectivity index is 1.65. The number of hydrogen-bond acceptors (Lipinski definition) is 3. The summed E-state index contributed by atoms with van der Waals surface area (Å²) in [6.07, 6.45) is -1.75. The van der Waals surface area contributed by atoms with Gasteiger partial charge >= 0.3 is 6.18 Å². The van der Waals surface area contributed by atoms with Crippen LogP contribution in [0.25, 0.3) is 0 Å². The van der Waals surface area contributed by atoms with Crippen molar-refractivity contribution in [3.8, 4) is 0 Å². The predicted molar refractivity (Wildman–Crippen MR) is 132 cm³/mol. The number of carbonyl (C=O) groups is 1. The summed E-state index contributed by atoms with van der Waals surface area (Å²) < 4.78 is 68.0. The predicted octanol–water partition coefficient (Wildman–Crippen LogP) is 5.92. The van der Waals surface area contributed by atoms with Crippen LogP contribution in [0.5, 0.6) is 0 Å². The molecule has 0 radical (unpaired) electrons. The van der Waals surface area contributed by atoms with Crippen LogP contribution >= 0.6 is 11.6 Å². The van der Waals surface area contributed by atoms with Gasteiger partial charge in [-0.2, -0.15) is 13.2 Å². The van der Waals surface area contributed by atoms with Crippen molar-refractivity contribution in [2.45, 2.75) is 43.3 Å². The average molecular weight is 537 g/mol. The second kappa shape index (κ2) is 10.1. The number of fused-ring (bicyclic) bond motifs is 1. The molecule has 1 N–H and O–H groups in total. The molecule has 5 nitrogen and oxygen atoms in total. The second-order valence-corrected chi connectivity index (χ2v) is 10.9. The van der Waals surface area contributed by atoms with E-state index >= 15 is 0 Å². The van der Waals surface area contributed by atoms with Crippen LogP contribution in [-0.2, 0) is 33.8 Å². The van der Waals surface area contributed by atoms with Crippen LogP contribution in [0.1, 0.15) is 41.6 Å². The number of alkyl halides is 3. The van der Waals surface area contributed by atoms with Crippen LogP contribution < -0.4 is 9.62 Å². The third-order valence-electron chi connectivity index (χ3n) is 6.16. The minimum absolute atomic E-state index is 0.159. The van der Waals surface area contributed by atoms with Crippen LogP contribution in [0.3, 0.4) is 0 Å². The van der Waals surface area contributed by atoms with Crippen molar-refractivity contribution >= 4 is 33.2 Å². The highest BCUT2D eigenvalue weighted by atomic mass is 35.5. The SMILES string of the molecule is C[C@H](NC(=O)CN(c1ccc(Cl)c(C(F)(F)F)c1)S(=O)(=O)c1ccccc1)c1ccc2c(c1)CCC2. The normalized spacial score (nSPS) is 14.2. The smallest absolute Gasteiger partial charge is 0.348 e. The summed E-state index contributed by atoms with van der Waals surface area (Å²) in [4.78, 5) is 12.8. The van der Waals surface area contributed by atoms with Gasteiger partial charge in [-0.05, 0) is 73.2 Å². The highest BCUT2D eigenvalue weighted by Crippen LogP contribution is 2.38. The maximum Gasteiger partial charge on any atom is 0.417 e. The Kier molecular flexibility index (Phi) is 7.33. The van der Waals surface area contributed by atoms with Crippen molar-refractivity contribution < 1.29 is 26.4 Å². The first kappa shape index (κ1) is 26.0. The zero-order chi connectivity index (χ0) is 26.1. The van der Waals surface area contributed by atoms with Gasteiger partial charge in [-0.25, -0.2) is 8.42 Å². The zero-order valence-corrected chi connectivity index (χ0v) is 20.9. The van der Waals surface area contributed by atoms with E-state index in [-0.39, 0.29) is 10.6 Å². The van der Waals surface area contributed by atoms with Gasteiger partial charge in [-0.1, -0.05) is 48.0 Å². The number of nitrogens with zero attached hydrogens (tertiary/aromatic N) is 1. The molecule has 1 amide bonds. The largest absolute Gasteiger partial charge is 0.417 e. The Morgan fingerprint density at radius 3 is 2.42 bits per heavy atom. The van der Waals surface area contributed by atoms with Crippen LogP contribution in [0.15, 0.2) is 71.6 Å². The molecule has 36 heavy (non-hydrogen) atoms. The molecule has 0 fully saturated rings. The van der Waals surface area contributed by atoms with Crippen LogP contribution in [0, 0.1) is 0 Å². The molecule has 0 unspecified atom stereocenters. The van der Waals surface area contributed by atoms with Gasteiger partial charge in [-0.3, -0.25) is 9.10 Å². The molecule has 4 rings (SSSR count). The molecule has 0 saturated heterocycles. The lowest BCUT2D eigenvalue weighted by atomic mass is 10.0. The molecule has 1 aliphatic carbocycles. The third kappa shape index (κ3) is 5.52. The van der Waals surface area contributed by atoms with Crippen LogP contribution in [0.2, 0.25) is 5.02 Å². The highest BCUT2D eigenvalue weighted by molar-refractivity contribution is 7.92. The number of aryl methyl sites for hydroxylation is 2. The molecular formula is C26H24ClF3N2O3S. The summed E-state index contributed by atoms with van der Waals surface area (Å²) in [6, 6.07) is 15.5. The monoisotopic (exact) mass is 536 g/mol. The van der Waals surface area contributed by atoms with Crippen molar-refractivity contribution in [1.82, 2.24) is 5.32 Å². The number of halogens is 4. The van der Waals surface area contributed by atoms with E-state index in [4.69, 9.17) is 11.6 Å². The number of carbonyl (C=O) groups excluding carboxylic acids is 1. The third-order valence-corrected chi connectivity index (χ3v) is 8.28. The average Bonchev–Trinajstić information content (AvgIpc) is 3.31. The fourth-order valence-corrected chi connectivity index (χ4v) is 5.94. The molecule has 0 aromatic heterocycles. The fourth-order valence-electron chi connectivity index (χ4n) is 4.28. The van der Waals surface area contributed by atoms with Crippen LogP contribution in [-0.4, -0.2) is 20.9 Å². The second-order valence-electron chi connectivity index (χ2n) is 8.66. The van der Waals surface area contributed by atoms with E-state index in [0.717, 1.165) is 37.0 Å². The molecule has 3 aromatic carbocycles. The fraction of sp³-hybridized carbons (Fsp3) is 0.269. The Bertz CT molecular complexity index is 1380. The molecule has 0 aliphatic heterocycles. The van der Waals surface area contributed by atoms with E-state index in [1.54, 1.807) is 13.0 Å². The van der Waals surface area contributed by atoms with Crippen molar-refractivity contribution in [3.63, 3.8) is 0 Å². The van der Waals surface area contributed by atoms with Gasteiger partial charge < -0.3 is 5.32 Å². The van der Waals surface area contributed by atoms with Crippen LogP contribution in [0.4, 0.5) is 18.9 Å². The molecule has 10 heteroatoms. The molecule has 190 valence electrons. The first-order chi connectivity index (χ1) is 17.0. The van der Waals surface area contributed by atoms with E-state index in [0.29, 0.717) is 10.4 Å². The summed E-state index contributed by atoms with van der Waals surface area (Å²) in [5, 5.41) is 2.20. The first-order valence-corrected chi connectivity index (χ1v) is 13.1. The van der Waals surface area contributed by atoms with Gasteiger partial charge in [0.1, 0.15) is 6.54 Å². The summed E-state index contributed by atoms with van der Waals surface area (Å²) in [5.74, 6) is -0.661. The number of rotatable bonds is 7. The van der Waals surface area contributed by atoms with E-state index < -0.39 is 45.3 Å². The summed E-state index contributed by atoms with van der Waals surface area (Å²) >= 11 is 5.73. The van der Waals surface area contributed by atoms with E-state index in [9.17, 15) is 26.4 Å². The van der Waals surface area contributed by atoms with E-state index in [1.807, 2.05) is 18.2 Å². The lowest BCUT2D eigenvalue weighted by Crippen LogP contribution is -2.41. The van der Waals surface area contributed by atoms with Gasteiger partial charge in [0.25, 0.3) is 10.0 Å². The minimum Gasteiger partial charge on any atom is -0.348 e. The van der Waals surface area contributed by atoms with Gasteiger partial charge in [-0.15, -0.1) is 0 Å². The molecular weight excluding hydrogens is 513 g/mol. The molecule has 0 saturated carbocycles. The summed E-state index contributed by atoms with van der Waals surface area (Å²) in [7, 11) is -4.37. The molecule has 0 spiro atoms. The maximum absolute atomic E-state index is 13.5. The summed E-state index contributed by atoms with van der Waals surface area (Å²) in [6.45, 7) is 1.06. The first-order valence-electron chi connectivity index (χ1n) is 11.3. The van der Waals surface area contributed by atoms with Gasteiger partial charge in [0.05, 0.1) is 27.2 Å². The van der Waals surface area contributed by atoms with Gasteiger partial charge in [0.2, 0.25) is 5.91 Å². The van der Waals surface area contributed by atoms with Crippen molar-refractivity contribution in [3.05, 3.63) is 94.0 Å². The Labute approximate surface area is 212 Å². The number of benzene rings is 3. The quantitative estimate of drug-likeness (QED) is 0.407. The standard InChI is InChI=1S/C26H24ClF3N2O3S/c1-17(19-11-10-18-6-5-7-20(18)14-19)31-25(33)16-32(36(34,35)22-8-3-2-4-9-22)21-12-13-24(27)23(15-21)26(28,29)30/h2-4,8-15,17H,5-7,16H2,1H3,(H,31,33)/t17-/m0/s1. The van der Waals surface area contributed by atoms with Gasteiger partial charge in [0.15, 0.2) is 0 Å². The number of sulfonamides is 1. The van der Waals surface area contributed by atoms with Crippen molar-refractivity contribution in [2.24, 2.45) is 0 Å². The summed E-state index contributed by atoms with van der Waals surface area (Å²) in [5.41, 5.74) is 1.86. The number of amides is 1. The lowest BCUT2D eigenvalue weighted by Gasteiger charge is -2.26. The maximum atomic E-state index is 13.5. The van der Waals surface area contributed by atoms with Crippen molar-refractivity contribution in [1.29, 1.82) is 0 Å². The van der Waals surface area contributed by atoms with E-state index in [1.165, 1.54) is 35.4 Å². The van der Waals surface area contributed by atoms with Crippen molar-refractivity contribution in [2.75, 3.05) is 10.8 Å². The number of nitrogens with one attached hydrogen (secondary N) is 1. The molecule has 0 bridgehead atoms. The lowest BCUT2D eigenvalue weighted by molar-refractivity contribution is -0.137.